The minimum Gasteiger partial charge on any atom is -0.459 e. The minimum atomic E-state index is -0.507. The molecule has 2 N–H and O–H groups in total. The van der Waals surface area contributed by atoms with Gasteiger partial charge in [0, 0.05) is 20.2 Å². The summed E-state index contributed by atoms with van der Waals surface area (Å²) in [6.45, 7) is 8.19. The van der Waals surface area contributed by atoms with Gasteiger partial charge in [0.05, 0.1) is 25.2 Å². The topological polar surface area (TPSA) is 107 Å². The Hall–Kier alpha value is -1.32. The van der Waals surface area contributed by atoms with Gasteiger partial charge in [-0.15, -0.1) is 0 Å². The van der Waals surface area contributed by atoms with Crippen LogP contribution in [0.25, 0.3) is 0 Å². The molecule has 6 atom stereocenters. The molecular weight excluding hydrogens is 400 g/mol. The lowest BCUT2D eigenvalue weighted by Crippen LogP contribution is -2.55. The highest BCUT2D eigenvalue weighted by Crippen LogP contribution is 2.59. The number of allylic oxidation sites excluding steroid dienone is 1. The van der Waals surface area contributed by atoms with Crippen molar-refractivity contribution in [3.63, 3.8) is 0 Å². The highest BCUT2D eigenvalue weighted by Gasteiger charge is 2.72. The van der Waals surface area contributed by atoms with Gasteiger partial charge in [0.25, 0.3) is 0 Å². The van der Waals surface area contributed by atoms with Crippen LogP contribution >= 0.6 is 0 Å². The molecule has 0 bridgehead atoms. The number of ketones is 1. The molecule has 2 saturated heterocycles. The zero-order chi connectivity index (χ0) is 22.8. The Morgan fingerprint density at radius 1 is 1.32 bits per heavy atom. The number of carbonyl (C=O) groups excluding carboxylic acids is 2. The number of esters is 1. The molecule has 2 heterocycles. The first kappa shape index (κ1) is 24.3. The van der Waals surface area contributed by atoms with Crippen LogP contribution in [0.5, 0.6) is 0 Å². The van der Waals surface area contributed by atoms with E-state index in [4.69, 9.17) is 24.7 Å². The van der Waals surface area contributed by atoms with E-state index < -0.39 is 12.1 Å². The van der Waals surface area contributed by atoms with Gasteiger partial charge >= 0.3 is 5.97 Å². The average molecular weight is 439 g/mol. The number of carbonyl (C=O) groups is 2. The number of hydrogen-bond donors (Lipinski definition) is 1. The molecule has 0 aromatic rings. The summed E-state index contributed by atoms with van der Waals surface area (Å²) < 4.78 is 23.7. The van der Waals surface area contributed by atoms with Crippen LogP contribution in [-0.2, 0) is 28.5 Å². The molecule has 0 aromatic heterocycles. The monoisotopic (exact) mass is 438 g/mol. The second kappa shape index (κ2) is 9.67. The molecule has 3 unspecified atom stereocenters. The Labute approximate surface area is 185 Å². The van der Waals surface area contributed by atoms with E-state index in [1.807, 2.05) is 0 Å². The van der Waals surface area contributed by atoms with E-state index in [1.165, 1.54) is 5.57 Å². The lowest BCUT2D eigenvalue weighted by Gasteiger charge is -2.42. The fraction of sp³-hybridized carbons (Fsp3) is 0.826. The van der Waals surface area contributed by atoms with Gasteiger partial charge in [-0.3, -0.25) is 14.5 Å². The van der Waals surface area contributed by atoms with E-state index in [9.17, 15) is 9.59 Å². The third-order valence-electron chi connectivity index (χ3n) is 6.82. The Morgan fingerprint density at radius 3 is 2.61 bits per heavy atom. The number of hydrogen-bond acceptors (Lipinski definition) is 8. The molecule has 0 radical (unpaired) electrons. The van der Waals surface area contributed by atoms with Gasteiger partial charge in [0.2, 0.25) is 0 Å². The maximum Gasteiger partial charge on any atom is 0.313 e. The number of likely N-dealkylation sites (N-methyl/N-ethyl adjacent to an activating group) is 1. The number of ether oxygens (including phenoxy) is 4. The summed E-state index contributed by atoms with van der Waals surface area (Å²) in [4.78, 5) is 26.5. The molecule has 176 valence electrons. The zero-order valence-electron chi connectivity index (χ0n) is 19.5. The normalized spacial score (nSPS) is 36.4. The van der Waals surface area contributed by atoms with Gasteiger partial charge in [0.1, 0.15) is 29.8 Å². The smallest absolute Gasteiger partial charge is 0.313 e. The first-order chi connectivity index (χ1) is 14.6. The second-order valence-electron chi connectivity index (χ2n) is 9.65. The molecule has 1 aliphatic carbocycles. The predicted molar refractivity (Wildman–Crippen MR) is 116 cm³/mol. The van der Waals surface area contributed by atoms with Crippen molar-refractivity contribution in [1.29, 1.82) is 0 Å². The molecule has 1 spiro atoms. The van der Waals surface area contributed by atoms with Gasteiger partial charge in [-0.2, -0.15) is 0 Å². The molecule has 8 heteroatoms. The molecule has 3 fully saturated rings. The first-order valence-corrected chi connectivity index (χ1v) is 11.2. The number of nitrogens with two attached hydrogens (primary N) is 1. The van der Waals surface area contributed by atoms with Crippen molar-refractivity contribution < 1.29 is 28.5 Å². The standard InChI is InChI=1S/C23H38N2O6/c1-15(2)6-7-18-22(3,31-18)21-20(28-5)17(8-9-23(21)14-29-23)30-19(27)12-16(26)13-25(4)11-10-24/h6,17-18,20-21H,7-14,24H2,1-5H3/t17?,18-,20?,21?,22+,23+/m1/s1. The summed E-state index contributed by atoms with van der Waals surface area (Å²) in [7, 11) is 3.45. The quantitative estimate of drug-likeness (QED) is 0.224. The van der Waals surface area contributed by atoms with Crippen molar-refractivity contribution in [2.24, 2.45) is 11.7 Å². The Bertz CT molecular complexity index is 702. The molecule has 0 amide bonds. The van der Waals surface area contributed by atoms with Crippen molar-refractivity contribution in [3.8, 4) is 0 Å². The van der Waals surface area contributed by atoms with E-state index in [2.05, 4.69) is 26.8 Å². The molecule has 1 saturated carbocycles. The Kier molecular flexibility index (Phi) is 7.58. The Morgan fingerprint density at radius 2 is 2.03 bits per heavy atom. The van der Waals surface area contributed by atoms with Gasteiger partial charge < -0.3 is 24.7 Å². The van der Waals surface area contributed by atoms with Crippen molar-refractivity contribution in [2.45, 2.75) is 76.0 Å². The molecule has 2 aliphatic heterocycles. The van der Waals surface area contributed by atoms with Gasteiger partial charge in [-0.1, -0.05) is 11.6 Å². The van der Waals surface area contributed by atoms with Crippen LogP contribution in [0.3, 0.4) is 0 Å². The second-order valence-corrected chi connectivity index (χ2v) is 9.65. The van der Waals surface area contributed by atoms with E-state index in [0.29, 0.717) is 26.1 Å². The van der Waals surface area contributed by atoms with E-state index >= 15 is 0 Å². The highest BCUT2D eigenvalue weighted by atomic mass is 16.6. The minimum absolute atomic E-state index is 0.0292. The number of nitrogens with zero attached hydrogens (tertiary/aromatic N) is 1. The molecule has 0 aromatic carbocycles. The van der Waals surface area contributed by atoms with E-state index in [-0.39, 0.29) is 48.1 Å². The van der Waals surface area contributed by atoms with Crippen molar-refractivity contribution in [3.05, 3.63) is 11.6 Å². The summed E-state index contributed by atoms with van der Waals surface area (Å²) in [6, 6.07) is 0. The highest BCUT2D eigenvalue weighted by molar-refractivity contribution is 5.96. The molecular formula is C23H38N2O6. The fourth-order valence-electron chi connectivity index (χ4n) is 5.10. The Balaban J connectivity index is 1.63. The SMILES string of the molecule is COC1C(OC(=O)CC(=O)CN(C)CCN)CC[C@]2(CO2)C1[C@@]1(C)O[C@@H]1CC=C(C)C. The van der Waals surface area contributed by atoms with E-state index in [1.54, 1.807) is 19.1 Å². The predicted octanol–water partition coefficient (Wildman–Crippen LogP) is 1.46. The lowest BCUT2D eigenvalue weighted by molar-refractivity contribution is -0.172. The maximum atomic E-state index is 12.5. The van der Waals surface area contributed by atoms with Crippen LogP contribution in [0.1, 0.15) is 46.5 Å². The fourth-order valence-corrected chi connectivity index (χ4v) is 5.10. The van der Waals surface area contributed by atoms with Crippen LogP contribution in [0.2, 0.25) is 0 Å². The molecule has 3 aliphatic rings. The molecule has 3 rings (SSSR count). The van der Waals surface area contributed by atoms with Crippen molar-refractivity contribution in [2.75, 3.05) is 40.4 Å². The number of rotatable bonds is 11. The third kappa shape index (κ3) is 5.54. The lowest BCUT2D eigenvalue weighted by atomic mass is 9.68. The van der Waals surface area contributed by atoms with Crippen LogP contribution in [0.15, 0.2) is 11.6 Å². The van der Waals surface area contributed by atoms with Crippen LogP contribution in [0.4, 0.5) is 0 Å². The molecule has 8 nitrogen and oxygen atoms in total. The van der Waals surface area contributed by atoms with Crippen molar-refractivity contribution in [1.82, 2.24) is 4.90 Å². The van der Waals surface area contributed by atoms with Crippen LogP contribution < -0.4 is 5.73 Å². The number of Topliss-reactive ketones (excluding diaryl/α,β-unsaturated/α-hetero) is 1. The molecule has 31 heavy (non-hydrogen) atoms. The van der Waals surface area contributed by atoms with Gasteiger partial charge in [-0.25, -0.2) is 0 Å². The largest absolute Gasteiger partial charge is 0.459 e. The summed E-state index contributed by atoms with van der Waals surface area (Å²) in [5, 5.41) is 0. The summed E-state index contributed by atoms with van der Waals surface area (Å²) in [6.07, 6.45) is 3.57. The summed E-state index contributed by atoms with van der Waals surface area (Å²) >= 11 is 0. The number of methoxy groups -OCH3 is 1. The third-order valence-corrected chi connectivity index (χ3v) is 6.82. The summed E-state index contributed by atoms with van der Waals surface area (Å²) in [5.41, 5.74) is 6.12. The first-order valence-electron chi connectivity index (χ1n) is 11.2. The van der Waals surface area contributed by atoms with Crippen LogP contribution in [-0.4, -0.2) is 86.6 Å². The zero-order valence-corrected chi connectivity index (χ0v) is 19.5. The van der Waals surface area contributed by atoms with E-state index in [0.717, 1.165) is 12.8 Å². The van der Waals surface area contributed by atoms with Crippen LogP contribution in [0, 0.1) is 5.92 Å². The maximum absolute atomic E-state index is 12.5. The summed E-state index contributed by atoms with van der Waals surface area (Å²) in [5.74, 6) is -0.713. The van der Waals surface area contributed by atoms with Gasteiger partial charge in [-0.05, 0) is 47.1 Å². The van der Waals surface area contributed by atoms with Crippen molar-refractivity contribution >= 4 is 11.8 Å². The number of epoxide rings is 2. The average Bonchev–Trinajstić information content (AvgIpc) is 3.59. The van der Waals surface area contributed by atoms with Gasteiger partial charge in [0.15, 0.2) is 5.78 Å².